The van der Waals surface area contributed by atoms with E-state index in [1.807, 2.05) is 0 Å². The maximum Gasteiger partial charge on any atom is -0.0386 e. The molecular formula is C22H40. The highest BCUT2D eigenvalue weighted by Gasteiger charge is 2.34. The Morgan fingerprint density at radius 1 is 0.591 bits per heavy atom. The Bertz CT molecular complexity index is 298. The van der Waals surface area contributed by atoms with E-state index < -0.39 is 0 Å². The van der Waals surface area contributed by atoms with Crippen LogP contribution in [0.5, 0.6) is 0 Å². The first-order valence-electron chi connectivity index (χ1n) is 10.8. The summed E-state index contributed by atoms with van der Waals surface area (Å²) in [6.45, 7) is 4.86. The average molecular weight is 305 g/mol. The molecule has 3 rings (SSSR count). The second-order valence-electron chi connectivity index (χ2n) is 9.13. The van der Waals surface area contributed by atoms with Gasteiger partial charge in [0.25, 0.3) is 0 Å². The molecule has 0 nitrogen and oxygen atoms in total. The molecule has 3 saturated carbocycles. The van der Waals surface area contributed by atoms with E-state index in [0.29, 0.717) is 0 Å². The molecule has 0 N–H and O–H groups in total. The van der Waals surface area contributed by atoms with Crippen LogP contribution in [-0.2, 0) is 0 Å². The van der Waals surface area contributed by atoms with Crippen LogP contribution >= 0.6 is 0 Å². The maximum atomic E-state index is 2.49. The number of rotatable bonds is 4. The van der Waals surface area contributed by atoms with Crippen LogP contribution in [0.1, 0.15) is 104 Å². The third-order valence-corrected chi connectivity index (χ3v) is 8.06. The largest absolute Gasteiger partial charge is 0.0651 e. The molecule has 1 unspecified atom stereocenters. The lowest BCUT2D eigenvalue weighted by Gasteiger charge is -2.41. The molecule has 0 bridgehead atoms. The zero-order chi connectivity index (χ0) is 15.4. The van der Waals surface area contributed by atoms with Gasteiger partial charge in [-0.1, -0.05) is 52.4 Å². The molecule has 0 amide bonds. The molecule has 0 aromatic rings. The molecule has 3 aliphatic carbocycles. The standard InChI is InChI=1S/C22H40/c1-3-17(2)18-9-11-21(12-10-18)22-15-13-20(14-16-22)19-7-5-4-6-8-19/h17-22H,3-16H2,1-2H3. The van der Waals surface area contributed by atoms with Gasteiger partial charge in [-0.15, -0.1) is 0 Å². The molecular weight excluding hydrogens is 264 g/mol. The Morgan fingerprint density at radius 2 is 1.00 bits per heavy atom. The average Bonchev–Trinajstić information content (AvgIpc) is 2.62. The van der Waals surface area contributed by atoms with Crippen molar-refractivity contribution in [2.24, 2.45) is 35.5 Å². The first kappa shape index (κ1) is 16.8. The minimum absolute atomic E-state index is 0.975. The molecule has 0 heterocycles. The van der Waals surface area contributed by atoms with Gasteiger partial charge in [0, 0.05) is 0 Å². The lowest BCUT2D eigenvalue weighted by molar-refractivity contribution is 0.103. The molecule has 3 fully saturated rings. The van der Waals surface area contributed by atoms with Crippen molar-refractivity contribution in [2.75, 3.05) is 0 Å². The Hall–Kier alpha value is 0. The topological polar surface area (TPSA) is 0 Å². The SMILES string of the molecule is CCC(C)C1CCC(C2CCC(C3CCCCC3)CC2)CC1. The fourth-order valence-corrected chi connectivity index (χ4v) is 6.21. The van der Waals surface area contributed by atoms with Crippen LogP contribution in [0.25, 0.3) is 0 Å². The van der Waals surface area contributed by atoms with Crippen molar-refractivity contribution in [1.82, 2.24) is 0 Å². The molecule has 22 heavy (non-hydrogen) atoms. The van der Waals surface area contributed by atoms with E-state index >= 15 is 0 Å². The highest BCUT2D eigenvalue weighted by molar-refractivity contribution is 4.85. The maximum absolute atomic E-state index is 2.49. The first-order chi connectivity index (χ1) is 10.8. The van der Waals surface area contributed by atoms with Gasteiger partial charge in [-0.3, -0.25) is 0 Å². The van der Waals surface area contributed by atoms with Gasteiger partial charge in [0.05, 0.1) is 0 Å². The third kappa shape index (κ3) is 4.09. The van der Waals surface area contributed by atoms with Crippen LogP contribution in [0, 0.1) is 35.5 Å². The van der Waals surface area contributed by atoms with Crippen LogP contribution in [0.2, 0.25) is 0 Å². The van der Waals surface area contributed by atoms with E-state index in [0.717, 1.165) is 35.5 Å². The number of hydrogen-bond acceptors (Lipinski definition) is 0. The van der Waals surface area contributed by atoms with Gasteiger partial charge >= 0.3 is 0 Å². The fourth-order valence-electron chi connectivity index (χ4n) is 6.21. The molecule has 0 saturated heterocycles. The molecule has 0 aliphatic heterocycles. The van der Waals surface area contributed by atoms with Crippen LogP contribution in [0.4, 0.5) is 0 Å². The Labute approximate surface area is 139 Å². The van der Waals surface area contributed by atoms with Gasteiger partial charge in [-0.2, -0.15) is 0 Å². The summed E-state index contributed by atoms with van der Waals surface area (Å²) in [5.74, 6) is 6.48. The highest BCUT2D eigenvalue weighted by Crippen LogP contribution is 2.46. The van der Waals surface area contributed by atoms with Crippen LogP contribution < -0.4 is 0 Å². The molecule has 0 heteroatoms. The predicted molar refractivity (Wildman–Crippen MR) is 96.9 cm³/mol. The summed E-state index contributed by atoms with van der Waals surface area (Å²) in [5.41, 5.74) is 0. The van der Waals surface area contributed by atoms with Crippen molar-refractivity contribution in [2.45, 2.75) is 104 Å². The summed E-state index contributed by atoms with van der Waals surface area (Å²) < 4.78 is 0. The Kier molecular flexibility index (Phi) is 6.28. The van der Waals surface area contributed by atoms with Gasteiger partial charge in [0.15, 0.2) is 0 Å². The monoisotopic (exact) mass is 304 g/mol. The summed E-state index contributed by atoms with van der Waals surface area (Å²) >= 11 is 0. The summed E-state index contributed by atoms with van der Waals surface area (Å²) in [6.07, 6.45) is 21.7. The minimum atomic E-state index is 0.975. The molecule has 0 aromatic heterocycles. The van der Waals surface area contributed by atoms with Crippen LogP contribution in [0.3, 0.4) is 0 Å². The van der Waals surface area contributed by atoms with E-state index in [4.69, 9.17) is 0 Å². The van der Waals surface area contributed by atoms with Crippen molar-refractivity contribution >= 4 is 0 Å². The normalized spacial score (nSPS) is 39.5. The Balaban J connectivity index is 1.40. The zero-order valence-electron chi connectivity index (χ0n) is 15.4. The smallest absolute Gasteiger partial charge is 0.0386 e. The van der Waals surface area contributed by atoms with E-state index in [2.05, 4.69) is 13.8 Å². The van der Waals surface area contributed by atoms with Gasteiger partial charge in [0.2, 0.25) is 0 Å². The molecule has 0 spiro atoms. The fraction of sp³-hybridized carbons (Fsp3) is 1.00. The highest BCUT2D eigenvalue weighted by atomic mass is 14.4. The van der Waals surface area contributed by atoms with Gasteiger partial charge in [-0.05, 0) is 86.9 Å². The van der Waals surface area contributed by atoms with Gasteiger partial charge in [0.1, 0.15) is 0 Å². The molecule has 0 radical (unpaired) electrons. The van der Waals surface area contributed by atoms with Crippen molar-refractivity contribution < 1.29 is 0 Å². The quantitative estimate of drug-likeness (QED) is 0.514. The van der Waals surface area contributed by atoms with E-state index in [-0.39, 0.29) is 0 Å². The third-order valence-electron chi connectivity index (χ3n) is 8.06. The van der Waals surface area contributed by atoms with Crippen molar-refractivity contribution in [3.8, 4) is 0 Å². The van der Waals surface area contributed by atoms with Crippen molar-refractivity contribution in [3.63, 3.8) is 0 Å². The minimum Gasteiger partial charge on any atom is -0.0651 e. The number of hydrogen-bond donors (Lipinski definition) is 0. The van der Waals surface area contributed by atoms with Crippen molar-refractivity contribution in [1.29, 1.82) is 0 Å². The molecule has 3 aliphatic rings. The lowest BCUT2D eigenvalue weighted by Crippen LogP contribution is -2.29. The van der Waals surface area contributed by atoms with E-state index in [1.165, 1.54) is 25.7 Å². The molecule has 0 aromatic carbocycles. The summed E-state index contributed by atoms with van der Waals surface area (Å²) in [5, 5.41) is 0. The van der Waals surface area contributed by atoms with Crippen LogP contribution in [0.15, 0.2) is 0 Å². The van der Waals surface area contributed by atoms with E-state index in [1.54, 1.807) is 64.2 Å². The Morgan fingerprint density at radius 3 is 1.45 bits per heavy atom. The first-order valence-corrected chi connectivity index (χ1v) is 10.8. The summed E-state index contributed by atoms with van der Waals surface area (Å²) in [7, 11) is 0. The van der Waals surface area contributed by atoms with Crippen molar-refractivity contribution in [3.05, 3.63) is 0 Å². The molecule has 128 valence electrons. The summed E-state index contributed by atoms with van der Waals surface area (Å²) in [4.78, 5) is 0. The van der Waals surface area contributed by atoms with Crippen LogP contribution in [-0.4, -0.2) is 0 Å². The van der Waals surface area contributed by atoms with E-state index in [9.17, 15) is 0 Å². The zero-order valence-corrected chi connectivity index (χ0v) is 15.4. The lowest BCUT2D eigenvalue weighted by atomic mass is 9.65. The predicted octanol–water partition coefficient (Wildman–Crippen LogP) is 7.23. The second kappa shape index (κ2) is 8.20. The second-order valence-corrected chi connectivity index (χ2v) is 9.13. The summed E-state index contributed by atoms with van der Waals surface area (Å²) in [6, 6.07) is 0. The van der Waals surface area contributed by atoms with Gasteiger partial charge < -0.3 is 0 Å². The van der Waals surface area contributed by atoms with Gasteiger partial charge in [-0.25, -0.2) is 0 Å². The molecule has 1 atom stereocenters.